The molecule has 20 heavy (non-hydrogen) atoms. The number of carboxylic acids is 1. The van der Waals surface area contributed by atoms with Crippen molar-refractivity contribution in [3.63, 3.8) is 0 Å². The van der Waals surface area contributed by atoms with Gasteiger partial charge in [0, 0.05) is 6.42 Å². The number of aromatic carboxylic acids is 1. The molecule has 0 bridgehead atoms. The summed E-state index contributed by atoms with van der Waals surface area (Å²) in [6, 6.07) is 7.03. The zero-order valence-electron chi connectivity index (χ0n) is 10.5. The molecule has 0 unspecified atom stereocenters. The van der Waals surface area contributed by atoms with Crippen molar-refractivity contribution < 1.29 is 14.7 Å². The Morgan fingerprint density at radius 1 is 1.30 bits per heavy atom. The van der Waals surface area contributed by atoms with Gasteiger partial charge in [-0.3, -0.25) is 4.79 Å². The summed E-state index contributed by atoms with van der Waals surface area (Å²) in [7, 11) is 0. The van der Waals surface area contributed by atoms with Crippen LogP contribution >= 0.6 is 11.6 Å². The Morgan fingerprint density at radius 3 is 2.75 bits per heavy atom. The van der Waals surface area contributed by atoms with Crippen molar-refractivity contribution in [2.24, 2.45) is 0 Å². The van der Waals surface area contributed by atoms with Gasteiger partial charge in [-0.05, 0) is 25.0 Å². The maximum atomic E-state index is 12.0. The minimum Gasteiger partial charge on any atom is -0.476 e. The zero-order valence-corrected chi connectivity index (χ0v) is 11.2. The standard InChI is InChI=1S/C14H11ClN2O3/c15-8-4-1-2-5-9(8)17-10-6-3-7-11(18)12(10)13(16-17)14(19)20/h1-2,4-5H,3,6-7H2,(H,19,20). The van der Waals surface area contributed by atoms with Crippen LogP contribution in [0.1, 0.15) is 39.4 Å². The van der Waals surface area contributed by atoms with Gasteiger partial charge in [0.1, 0.15) is 0 Å². The second kappa shape index (κ2) is 4.76. The Bertz CT molecular complexity index is 721. The van der Waals surface area contributed by atoms with Gasteiger partial charge in [-0.25, -0.2) is 9.48 Å². The third-order valence-electron chi connectivity index (χ3n) is 3.36. The largest absolute Gasteiger partial charge is 0.476 e. The first kappa shape index (κ1) is 12.9. The Balaban J connectivity index is 2.28. The first-order chi connectivity index (χ1) is 9.59. The molecule has 0 aliphatic heterocycles. The lowest BCUT2D eigenvalue weighted by atomic mass is 9.94. The lowest BCUT2D eigenvalue weighted by Crippen LogP contribution is -2.14. The lowest BCUT2D eigenvalue weighted by molar-refractivity contribution is 0.0684. The van der Waals surface area contributed by atoms with Crippen LogP contribution in [0.25, 0.3) is 5.69 Å². The van der Waals surface area contributed by atoms with Crippen molar-refractivity contribution in [2.75, 3.05) is 0 Å². The molecule has 0 atom stereocenters. The van der Waals surface area contributed by atoms with E-state index in [1.165, 1.54) is 4.68 Å². The molecule has 1 aliphatic carbocycles. The quantitative estimate of drug-likeness (QED) is 0.923. The van der Waals surface area contributed by atoms with Crippen LogP contribution in [0, 0.1) is 0 Å². The number of halogens is 1. The average Bonchev–Trinajstić information content (AvgIpc) is 2.80. The lowest BCUT2D eigenvalue weighted by Gasteiger charge is -2.13. The van der Waals surface area contributed by atoms with E-state index in [1.807, 2.05) is 0 Å². The molecular formula is C14H11ClN2O3. The summed E-state index contributed by atoms with van der Waals surface area (Å²) in [5, 5.41) is 13.8. The van der Waals surface area contributed by atoms with E-state index in [1.54, 1.807) is 24.3 Å². The summed E-state index contributed by atoms with van der Waals surface area (Å²) in [4.78, 5) is 23.3. The number of carbonyl (C=O) groups is 2. The molecule has 0 amide bonds. The van der Waals surface area contributed by atoms with E-state index in [2.05, 4.69) is 5.10 Å². The van der Waals surface area contributed by atoms with E-state index < -0.39 is 5.97 Å². The van der Waals surface area contributed by atoms with Crippen molar-refractivity contribution in [3.8, 4) is 5.69 Å². The number of aromatic nitrogens is 2. The van der Waals surface area contributed by atoms with Gasteiger partial charge in [-0.15, -0.1) is 0 Å². The fourth-order valence-corrected chi connectivity index (χ4v) is 2.71. The van der Waals surface area contributed by atoms with Crippen molar-refractivity contribution in [3.05, 3.63) is 46.2 Å². The molecule has 0 spiro atoms. The van der Waals surface area contributed by atoms with Crippen LogP contribution in [0.4, 0.5) is 0 Å². The summed E-state index contributed by atoms with van der Waals surface area (Å²) in [5.74, 6) is -1.36. The van der Waals surface area contributed by atoms with Crippen LogP contribution in [-0.2, 0) is 6.42 Å². The molecule has 0 saturated heterocycles. The maximum absolute atomic E-state index is 12.0. The Morgan fingerprint density at radius 2 is 2.05 bits per heavy atom. The Labute approximate surface area is 119 Å². The third-order valence-corrected chi connectivity index (χ3v) is 3.68. The van der Waals surface area contributed by atoms with E-state index in [9.17, 15) is 14.7 Å². The van der Waals surface area contributed by atoms with Gasteiger partial charge in [-0.1, -0.05) is 23.7 Å². The monoisotopic (exact) mass is 290 g/mol. The highest BCUT2D eigenvalue weighted by molar-refractivity contribution is 6.32. The first-order valence-corrected chi connectivity index (χ1v) is 6.60. The summed E-state index contributed by atoms with van der Waals surface area (Å²) in [6.07, 6.45) is 1.68. The summed E-state index contributed by atoms with van der Waals surface area (Å²) < 4.78 is 1.48. The van der Waals surface area contributed by atoms with Gasteiger partial charge in [0.25, 0.3) is 0 Å². The molecule has 102 valence electrons. The van der Waals surface area contributed by atoms with E-state index in [0.29, 0.717) is 35.7 Å². The number of carboxylic acid groups (broad SMARTS) is 1. The molecule has 2 aromatic rings. The summed E-state index contributed by atoms with van der Waals surface area (Å²) in [6.45, 7) is 0. The molecule has 3 rings (SSSR count). The number of Topliss-reactive ketones (excluding diaryl/α,β-unsaturated/α-hetero) is 1. The average molecular weight is 291 g/mol. The SMILES string of the molecule is O=C(O)c1nn(-c2ccccc2Cl)c2c1C(=O)CCC2. The highest BCUT2D eigenvalue weighted by atomic mass is 35.5. The highest BCUT2D eigenvalue weighted by Crippen LogP contribution is 2.29. The number of benzene rings is 1. The number of hydrogen-bond acceptors (Lipinski definition) is 3. The van der Waals surface area contributed by atoms with Crippen LogP contribution < -0.4 is 0 Å². The van der Waals surface area contributed by atoms with E-state index in [-0.39, 0.29) is 17.0 Å². The van der Waals surface area contributed by atoms with Gasteiger partial charge in [-0.2, -0.15) is 5.10 Å². The molecule has 5 nitrogen and oxygen atoms in total. The number of hydrogen-bond donors (Lipinski definition) is 1. The van der Waals surface area contributed by atoms with Crippen LogP contribution in [-0.4, -0.2) is 26.6 Å². The molecule has 0 radical (unpaired) electrons. The Hall–Kier alpha value is -2.14. The molecule has 6 heteroatoms. The number of ketones is 1. The van der Waals surface area contributed by atoms with Crippen molar-refractivity contribution in [2.45, 2.75) is 19.3 Å². The highest BCUT2D eigenvalue weighted by Gasteiger charge is 2.30. The number of fused-ring (bicyclic) bond motifs is 1. The van der Waals surface area contributed by atoms with E-state index >= 15 is 0 Å². The normalized spacial score (nSPS) is 14.2. The first-order valence-electron chi connectivity index (χ1n) is 6.23. The van der Waals surface area contributed by atoms with Crippen molar-refractivity contribution >= 4 is 23.4 Å². The van der Waals surface area contributed by atoms with Crippen LogP contribution in [0.2, 0.25) is 5.02 Å². The minimum atomic E-state index is -1.19. The van der Waals surface area contributed by atoms with Crippen molar-refractivity contribution in [1.29, 1.82) is 0 Å². The zero-order chi connectivity index (χ0) is 14.3. The number of para-hydroxylation sites is 1. The number of carbonyl (C=O) groups excluding carboxylic acids is 1. The molecule has 1 N–H and O–H groups in total. The molecule has 0 fully saturated rings. The predicted molar refractivity (Wildman–Crippen MR) is 72.8 cm³/mol. The minimum absolute atomic E-state index is 0.165. The van der Waals surface area contributed by atoms with Gasteiger partial charge in [0.05, 0.1) is 22.0 Å². The molecule has 1 heterocycles. The van der Waals surface area contributed by atoms with E-state index in [0.717, 1.165) is 0 Å². The molecule has 1 aromatic heterocycles. The van der Waals surface area contributed by atoms with Gasteiger partial charge < -0.3 is 5.11 Å². The fourth-order valence-electron chi connectivity index (χ4n) is 2.49. The van der Waals surface area contributed by atoms with Gasteiger partial charge in [0.15, 0.2) is 11.5 Å². The smallest absolute Gasteiger partial charge is 0.357 e. The number of rotatable bonds is 2. The number of nitrogens with zero attached hydrogens (tertiary/aromatic N) is 2. The van der Waals surface area contributed by atoms with Crippen LogP contribution in [0.15, 0.2) is 24.3 Å². The van der Waals surface area contributed by atoms with Gasteiger partial charge in [0.2, 0.25) is 0 Å². The van der Waals surface area contributed by atoms with Crippen LogP contribution in [0.5, 0.6) is 0 Å². The molecule has 1 aliphatic rings. The van der Waals surface area contributed by atoms with Gasteiger partial charge >= 0.3 is 5.97 Å². The van der Waals surface area contributed by atoms with Crippen LogP contribution in [0.3, 0.4) is 0 Å². The van der Waals surface area contributed by atoms with Crippen molar-refractivity contribution in [1.82, 2.24) is 9.78 Å². The second-order valence-electron chi connectivity index (χ2n) is 4.62. The van der Waals surface area contributed by atoms with E-state index in [4.69, 9.17) is 11.6 Å². The fraction of sp³-hybridized carbons (Fsp3) is 0.214. The maximum Gasteiger partial charge on any atom is 0.357 e. The summed E-state index contributed by atoms with van der Waals surface area (Å²) >= 11 is 6.13. The molecular weight excluding hydrogens is 280 g/mol. The Kier molecular flexibility index (Phi) is 3.06. The summed E-state index contributed by atoms with van der Waals surface area (Å²) in [5.41, 5.74) is 1.26. The molecule has 1 aromatic carbocycles. The predicted octanol–water partition coefficient (Wildman–Crippen LogP) is 2.74. The second-order valence-corrected chi connectivity index (χ2v) is 5.02. The third kappa shape index (κ3) is 1.91. The topological polar surface area (TPSA) is 72.2 Å². The molecule has 0 saturated carbocycles.